The molecule has 4 rings (SSSR count). The number of aliphatic hydroxyl groups excluding tert-OH is 1. The van der Waals surface area contributed by atoms with E-state index in [1.54, 1.807) is 0 Å². The van der Waals surface area contributed by atoms with Crippen LogP contribution in [0.2, 0.25) is 0 Å². The van der Waals surface area contributed by atoms with Crippen LogP contribution in [0.15, 0.2) is 36.4 Å². The standard InChI is InChI=1S/C22H27N5O/c1-14-15(2)23-22(26(3)4)25-21(14)27-12-17(20(28)13-27)11-18-10-9-16-7-5-6-8-19(16)24-18/h5-10,17,20,28H,11-13H2,1-4H3/t17-,20-/m1/s1. The summed E-state index contributed by atoms with van der Waals surface area (Å²) in [5.74, 6) is 1.75. The molecular formula is C22H27N5O. The maximum absolute atomic E-state index is 10.7. The lowest BCUT2D eigenvalue weighted by molar-refractivity contribution is 0.148. The van der Waals surface area contributed by atoms with E-state index >= 15 is 0 Å². The summed E-state index contributed by atoms with van der Waals surface area (Å²) in [5.41, 5.74) is 4.07. The van der Waals surface area contributed by atoms with Crippen LogP contribution in [0.3, 0.4) is 0 Å². The molecule has 1 saturated heterocycles. The molecule has 6 heteroatoms. The number of hydrogen-bond acceptors (Lipinski definition) is 6. The first kappa shape index (κ1) is 18.6. The van der Waals surface area contributed by atoms with Crippen LogP contribution in [-0.2, 0) is 6.42 Å². The monoisotopic (exact) mass is 377 g/mol. The van der Waals surface area contributed by atoms with Gasteiger partial charge in [0.2, 0.25) is 5.95 Å². The van der Waals surface area contributed by atoms with E-state index in [0.29, 0.717) is 12.5 Å². The Morgan fingerprint density at radius 2 is 1.82 bits per heavy atom. The van der Waals surface area contributed by atoms with Gasteiger partial charge in [-0.05, 0) is 32.4 Å². The Labute approximate surface area is 165 Å². The van der Waals surface area contributed by atoms with Crippen molar-refractivity contribution in [3.63, 3.8) is 0 Å². The zero-order valence-electron chi connectivity index (χ0n) is 16.9. The Balaban J connectivity index is 1.56. The van der Waals surface area contributed by atoms with Crippen molar-refractivity contribution in [3.8, 4) is 0 Å². The first-order valence-corrected chi connectivity index (χ1v) is 9.72. The van der Waals surface area contributed by atoms with Gasteiger partial charge in [-0.1, -0.05) is 24.3 Å². The predicted octanol–water partition coefficient (Wildman–Crippen LogP) is 2.75. The van der Waals surface area contributed by atoms with E-state index in [-0.39, 0.29) is 5.92 Å². The molecule has 1 N–H and O–H groups in total. The molecule has 28 heavy (non-hydrogen) atoms. The molecule has 1 aromatic carbocycles. The molecule has 1 aliphatic heterocycles. The Hall–Kier alpha value is -2.73. The number of fused-ring (bicyclic) bond motifs is 1. The van der Waals surface area contributed by atoms with Gasteiger partial charge in [0, 0.05) is 55.4 Å². The molecule has 1 aliphatic rings. The highest BCUT2D eigenvalue weighted by Crippen LogP contribution is 2.29. The largest absolute Gasteiger partial charge is 0.391 e. The van der Waals surface area contributed by atoms with Gasteiger partial charge < -0.3 is 14.9 Å². The van der Waals surface area contributed by atoms with E-state index in [9.17, 15) is 5.11 Å². The number of hydrogen-bond donors (Lipinski definition) is 1. The van der Waals surface area contributed by atoms with Crippen molar-refractivity contribution in [1.29, 1.82) is 0 Å². The van der Waals surface area contributed by atoms with Gasteiger partial charge in [-0.2, -0.15) is 4.98 Å². The first-order valence-electron chi connectivity index (χ1n) is 9.72. The fourth-order valence-electron chi connectivity index (χ4n) is 3.83. The van der Waals surface area contributed by atoms with Crippen LogP contribution in [0.25, 0.3) is 10.9 Å². The third kappa shape index (κ3) is 3.52. The second kappa shape index (κ2) is 7.36. The van der Waals surface area contributed by atoms with Crippen LogP contribution in [0.1, 0.15) is 17.0 Å². The highest BCUT2D eigenvalue weighted by atomic mass is 16.3. The van der Waals surface area contributed by atoms with Crippen molar-refractivity contribution in [2.75, 3.05) is 37.0 Å². The van der Waals surface area contributed by atoms with Crippen molar-refractivity contribution >= 4 is 22.7 Å². The van der Waals surface area contributed by atoms with Crippen molar-refractivity contribution < 1.29 is 5.11 Å². The Bertz CT molecular complexity index is 1000. The summed E-state index contributed by atoms with van der Waals surface area (Å²) in [6.45, 7) is 5.41. The number of pyridine rings is 1. The predicted molar refractivity (Wildman–Crippen MR) is 113 cm³/mol. The van der Waals surface area contributed by atoms with Crippen LogP contribution in [0.5, 0.6) is 0 Å². The van der Waals surface area contributed by atoms with Crippen LogP contribution < -0.4 is 9.80 Å². The lowest BCUT2D eigenvalue weighted by atomic mass is 9.99. The van der Waals surface area contributed by atoms with Gasteiger partial charge in [-0.15, -0.1) is 0 Å². The Morgan fingerprint density at radius 3 is 2.61 bits per heavy atom. The summed E-state index contributed by atoms with van der Waals surface area (Å²) in [6, 6.07) is 12.3. The molecule has 0 saturated carbocycles. The van der Waals surface area contributed by atoms with Crippen molar-refractivity contribution in [3.05, 3.63) is 53.3 Å². The minimum atomic E-state index is -0.397. The zero-order valence-corrected chi connectivity index (χ0v) is 16.9. The average molecular weight is 377 g/mol. The molecule has 146 valence electrons. The third-order valence-corrected chi connectivity index (χ3v) is 5.59. The molecule has 2 aromatic heterocycles. The summed E-state index contributed by atoms with van der Waals surface area (Å²) in [4.78, 5) is 18.2. The molecule has 0 bridgehead atoms. The van der Waals surface area contributed by atoms with E-state index in [1.165, 1.54) is 0 Å². The van der Waals surface area contributed by atoms with Gasteiger partial charge in [0.15, 0.2) is 0 Å². The van der Waals surface area contributed by atoms with Gasteiger partial charge in [0.1, 0.15) is 5.82 Å². The summed E-state index contributed by atoms with van der Waals surface area (Å²) >= 11 is 0. The minimum absolute atomic E-state index is 0.131. The van der Waals surface area contributed by atoms with Gasteiger partial charge in [-0.25, -0.2) is 4.98 Å². The number of benzene rings is 1. The van der Waals surface area contributed by atoms with Crippen LogP contribution >= 0.6 is 0 Å². The summed E-state index contributed by atoms with van der Waals surface area (Å²) in [7, 11) is 3.89. The maximum atomic E-state index is 10.7. The van der Waals surface area contributed by atoms with Crippen LogP contribution in [0, 0.1) is 19.8 Å². The van der Waals surface area contributed by atoms with Gasteiger partial charge in [0.05, 0.1) is 11.6 Å². The van der Waals surface area contributed by atoms with Gasteiger partial charge in [-0.3, -0.25) is 4.98 Å². The van der Waals surface area contributed by atoms with Gasteiger partial charge in [0.25, 0.3) is 0 Å². The van der Waals surface area contributed by atoms with Crippen LogP contribution in [0.4, 0.5) is 11.8 Å². The molecule has 0 spiro atoms. The number of anilines is 2. The topological polar surface area (TPSA) is 65.4 Å². The molecule has 0 radical (unpaired) electrons. The normalized spacial score (nSPS) is 19.4. The molecule has 2 atom stereocenters. The molecule has 0 unspecified atom stereocenters. The number of aryl methyl sites for hydroxylation is 1. The molecule has 0 amide bonds. The summed E-state index contributed by atoms with van der Waals surface area (Å²) in [5, 5.41) is 11.9. The second-order valence-electron chi connectivity index (χ2n) is 7.88. The van der Waals surface area contributed by atoms with E-state index in [2.05, 4.69) is 35.0 Å². The second-order valence-corrected chi connectivity index (χ2v) is 7.88. The summed E-state index contributed by atoms with van der Waals surface area (Å²) in [6.07, 6.45) is 0.359. The highest BCUT2D eigenvalue weighted by Gasteiger charge is 2.33. The van der Waals surface area contributed by atoms with E-state index in [4.69, 9.17) is 9.97 Å². The fraction of sp³-hybridized carbons (Fsp3) is 0.409. The van der Waals surface area contributed by atoms with E-state index in [0.717, 1.165) is 46.6 Å². The molecule has 0 aliphatic carbocycles. The Morgan fingerprint density at radius 1 is 1.04 bits per heavy atom. The van der Waals surface area contributed by atoms with Gasteiger partial charge >= 0.3 is 0 Å². The molecule has 6 nitrogen and oxygen atoms in total. The van der Waals surface area contributed by atoms with Crippen molar-refractivity contribution in [1.82, 2.24) is 15.0 Å². The number of rotatable bonds is 4. The number of aliphatic hydroxyl groups is 1. The molecular weight excluding hydrogens is 350 g/mol. The smallest absolute Gasteiger partial charge is 0.227 e. The molecule has 3 aromatic rings. The maximum Gasteiger partial charge on any atom is 0.227 e. The number of para-hydroxylation sites is 1. The van der Waals surface area contributed by atoms with E-state index < -0.39 is 6.10 Å². The molecule has 3 heterocycles. The fourth-order valence-corrected chi connectivity index (χ4v) is 3.83. The molecule has 1 fully saturated rings. The van der Waals surface area contributed by atoms with Crippen LogP contribution in [-0.4, -0.2) is 53.3 Å². The summed E-state index contributed by atoms with van der Waals surface area (Å²) < 4.78 is 0. The SMILES string of the molecule is Cc1nc(N(C)C)nc(N2C[C@@H](Cc3ccc4ccccc4n3)[C@H](O)C2)c1C. The minimum Gasteiger partial charge on any atom is -0.391 e. The van der Waals surface area contributed by atoms with E-state index in [1.807, 2.05) is 44.1 Å². The lowest BCUT2D eigenvalue weighted by Gasteiger charge is -2.22. The zero-order chi connectivity index (χ0) is 19.8. The quantitative estimate of drug-likeness (QED) is 0.754. The van der Waals surface area contributed by atoms with Crippen molar-refractivity contribution in [2.45, 2.75) is 26.4 Å². The highest BCUT2D eigenvalue weighted by molar-refractivity contribution is 5.78. The third-order valence-electron chi connectivity index (χ3n) is 5.59. The first-order chi connectivity index (χ1) is 13.4. The average Bonchev–Trinajstić information content (AvgIpc) is 3.03. The van der Waals surface area contributed by atoms with Crippen molar-refractivity contribution in [2.24, 2.45) is 5.92 Å². The number of nitrogens with zero attached hydrogens (tertiary/aromatic N) is 5. The Kier molecular flexibility index (Phi) is 4.89. The number of β-amino-alcohol motifs (C(OH)–C–C–N with tert-alkyl or cyclic N) is 1. The number of aromatic nitrogens is 3. The lowest BCUT2D eigenvalue weighted by Crippen LogP contribution is -2.25.